The highest BCUT2D eigenvalue weighted by Crippen LogP contribution is 2.40. The molecule has 0 aromatic carbocycles. The molecule has 0 unspecified atom stereocenters. The average Bonchev–Trinajstić information content (AvgIpc) is 2.82. The molecule has 1 saturated heterocycles. The quantitative estimate of drug-likeness (QED) is 0.863. The first-order chi connectivity index (χ1) is 8.90. The molecule has 3 heterocycles. The third-order valence-corrected chi connectivity index (χ3v) is 4.24. The molecule has 19 heavy (non-hydrogen) atoms. The van der Waals surface area contributed by atoms with Crippen LogP contribution < -0.4 is 5.32 Å². The van der Waals surface area contributed by atoms with Gasteiger partial charge in [-0.3, -0.25) is 14.8 Å². The minimum atomic E-state index is -0.567. The van der Waals surface area contributed by atoms with Gasteiger partial charge in [-0.1, -0.05) is 15.9 Å². The summed E-state index contributed by atoms with van der Waals surface area (Å²) in [6.45, 7) is 4.09. The molecule has 1 spiro atoms. The summed E-state index contributed by atoms with van der Waals surface area (Å²) in [4.78, 5) is 21.3. The number of aromatic nitrogens is 1. The summed E-state index contributed by atoms with van der Waals surface area (Å²) in [6, 6.07) is 3.84. The van der Waals surface area contributed by atoms with Crippen LogP contribution in [0.25, 0.3) is 0 Å². The van der Waals surface area contributed by atoms with Crippen LogP contribution in [-0.4, -0.2) is 27.7 Å². The highest BCUT2D eigenvalue weighted by molar-refractivity contribution is 9.10. The van der Waals surface area contributed by atoms with Crippen molar-refractivity contribution in [2.24, 2.45) is 4.99 Å². The normalized spacial score (nSPS) is 28.6. The Hall–Kier alpha value is -1.23. The Labute approximate surface area is 120 Å². The number of nitrogens with one attached hydrogen (secondary N) is 1. The number of amides is 1. The van der Waals surface area contributed by atoms with E-state index < -0.39 is 5.54 Å². The van der Waals surface area contributed by atoms with Crippen molar-refractivity contribution < 1.29 is 4.79 Å². The van der Waals surface area contributed by atoms with E-state index in [9.17, 15) is 4.79 Å². The monoisotopic (exact) mass is 321 g/mol. The van der Waals surface area contributed by atoms with Crippen LogP contribution in [0.15, 0.2) is 27.8 Å². The number of carbonyl (C=O) groups excluding carboxylic acids is 1. The van der Waals surface area contributed by atoms with E-state index in [0.717, 1.165) is 35.1 Å². The molecule has 1 N–H and O–H groups in total. The van der Waals surface area contributed by atoms with Crippen molar-refractivity contribution in [2.45, 2.75) is 44.2 Å². The Bertz CT molecular complexity index is 582. The Morgan fingerprint density at radius 2 is 2.21 bits per heavy atom. The zero-order chi connectivity index (χ0) is 13.7. The van der Waals surface area contributed by atoms with Gasteiger partial charge in [0.25, 0.3) is 0 Å². The Morgan fingerprint density at radius 1 is 1.42 bits per heavy atom. The van der Waals surface area contributed by atoms with Crippen LogP contribution in [-0.2, 0) is 4.79 Å². The molecule has 1 fully saturated rings. The smallest absolute Gasteiger partial charge is 0.248 e. The van der Waals surface area contributed by atoms with E-state index in [1.54, 1.807) is 6.20 Å². The second-order valence-electron chi connectivity index (χ2n) is 5.96. The summed E-state index contributed by atoms with van der Waals surface area (Å²) in [5.41, 5.74) is 1.07. The fraction of sp³-hybridized carbons (Fsp3) is 0.500. The van der Waals surface area contributed by atoms with Gasteiger partial charge in [-0.05, 0) is 38.8 Å². The Morgan fingerprint density at radius 3 is 2.84 bits per heavy atom. The average molecular weight is 322 g/mol. The zero-order valence-electron chi connectivity index (χ0n) is 11.0. The molecule has 0 bridgehead atoms. The van der Waals surface area contributed by atoms with Gasteiger partial charge in [-0.15, -0.1) is 0 Å². The van der Waals surface area contributed by atoms with E-state index in [1.807, 2.05) is 26.0 Å². The van der Waals surface area contributed by atoms with Crippen molar-refractivity contribution in [2.75, 3.05) is 0 Å². The minimum Gasteiger partial charge on any atom is -0.349 e. The van der Waals surface area contributed by atoms with E-state index in [4.69, 9.17) is 4.99 Å². The summed E-state index contributed by atoms with van der Waals surface area (Å²) in [5, 5.41) is 3.03. The van der Waals surface area contributed by atoms with Crippen LogP contribution >= 0.6 is 15.9 Å². The second kappa shape index (κ2) is 4.13. The van der Waals surface area contributed by atoms with Crippen molar-refractivity contribution in [1.29, 1.82) is 0 Å². The third kappa shape index (κ3) is 2.20. The number of halogens is 1. The van der Waals surface area contributed by atoms with Crippen LogP contribution in [0.2, 0.25) is 0 Å². The van der Waals surface area contributed by atoms with Crippen LogP contribution in [0.4, 0.5) is 0 Å². The number of hydrogen-bond acceptors (Lipinski definition) is 3. The largest absolute Gasteiger partial charge is 0.349 e. The molecule has 1 atom stereocenters. The molecule has 2 aliphatic rings. The van der Waals surface area contributed by atoms with Crippen molar-refractivity contribution in [3.63, 3.8) is 0 Å². The third-order valence-electron chi connectivity index (χ3n) is 3.75. The first kappa shape index (κ1) is 12.8. The zero-order valence-corrected chi connectivity index (χ0v) is 12.6. The van der Waals surface area contributed by atoms with Gasteiger partial charge in [-0.2, -0.15) is 0 Å². The summed E-state index contributed by atoms with van der Waals surface area (Å²) in [6.07, 6.45) is 4.11. The van der Waals surface area contributed by atoms with E-state index in [-0.39, 0.29) is 11.4 Å². The fourth-order valence-electron chi connectivity index (χ4n) is 3.01. The maximum atomic E-state index is 12.2. The lowest BCUT2D eigenvalue weighted by molar-refractivity contribution is -0.123. The summed E-state index contributed by atoms with van der Waals surface area (Å²) in [7, 11) is 0. The predicted molar refractivity (Wildman–Crippen MR) is 77.3 cm³/mol. The van der Waals surface area contributed by atoms with Gasteiger partial charge in [-0.25, -0.2) is 0 Å². The molecule has 1 amide bonds. The Balaban J connectivity index is 1.96. The van der Waals surface area contributed by atoms with Gasteiger partial charge in [0.05, 0.1) is 11.4 Å². The topological polar surface area (TPSA) is 54.4 Å². The van der Waals surface area contributed by atoms with Gasteiger partial charge in [0.2, 0.25) is 5.91 Å². The number of pyridine rings is 1. The maximum absolute atomic E-state index is 12.2. The molecular weight excluding hydrogens is 306 g/mol. The summed E-state index contributed by atoms with van der Waals surface area (Å²) < 4.78 is 0.984. The van der Waals surface area contributed by atoms with Crippen LogP contribution in [0.3, 0.4) is 0 Å². The Kier molecular flexibility index (Phi) is 2.78. The van der Waals surface area contributed by atoms with Gasteiger partial charge in [0.1, 0.15) is 5.54 Å². The molecule has 1 aromatic rings. The van der Waals surface area contributed by atoms with Gasteiger partial charge in [0, 0.05) is 22.6 Å². The van der Waals surface area contributed by atoms with Gasteiger partial charge >= 0.3 is 0 Å². The molecular formula is C14H16BrN3O. The molecule has 5 heteroatoms. The maximum Gasteiger partial charge on any atom is 0.248 e. The van der Waals surface area contributed by atoms with E-state index in [1.165, 1.54) is 0 Å². The first-order valence-corrected chi connectivity index (χ1v) is 7.23. The minimum absolute atomic E-state index is 0.0579. The van der Waals surface area contributed by atoms with E-state index >= 15 is 0 Å². The number of aliphatic imine (C=N–C) groups is 1. The lowest BCUT2D eigenvalue weighted by atomic mass is 9.88. The molecule has 0 saturated carbocycles. The SMILES string of the molecule is CC1(C)C[C@]2(CCC(c3cc(Br)ccn3)=N2)C(=O)N1. The van der Waals surface area contributed by atoms with Crippen molar-refractivity contribution in [3.8, 4) is 0 Å². The summed E-state index contributed by atoms with van der Waals surface area (Å²) >= 11 is 3.44. The first-order valence-electron chi connectivity index (χ1n) is 6.44. The number of carbonyl (C=O) groups is 1. The molecule has 0 radical (unpaired) electrons. The summed E-state index contributed by atoms with van der Waals surface area (Å²) in [5.74, 6) is 0.0579. The molecule has 3 rings (SSSR count). The van der Waals surface area contributed by atoms with Crippen molar-refractivity contribution in [3.05, 3.63) is 28.5 Å². The van der Waals surface area contributed by atoms with Gasteiger partial charge in [0.15, 0.2) is 0 Å². The van der Waals surface area contributed by atoms with E-state index in [2.05, 4.69) is 26.2 Å². The molecule has 2 aliphatic heterocycles. The standard InChI is InChI=1S/C14H16BrN3O/c1-13(2)8-14(12(19)18-13)5-3-10(17-14)11-7-9(15)4-6-16-11/h4,6-7H,3,5,8H2,1-2H3,(H,18,19)/t14-/m1/s1. The number of nitrogens with zero attached hydrogens (tertiary/aromatic N) is 2. The highest BCUT2D eigenvalue weighted by Gasteiger charge is 2.52. The van der Waals surface area contributed by atoms with Crippen LogP contribution in [0, 0.1) is 0 Å². The van der Waals surface area contributed by atoms with E-state index in [0.29, 0.717) is 0 Å². The fourth-order valence-corrected chi connectivity index (χ4v) is 3.35. The van der Waals surface area contributed by atoms with Crippen LogP contribution in [0.1, 0.15) is 38.8 Å². The predicted octanol–water partition coefficient (Wildman–Crippen LogP) is 2.46. The van der Waals surface area contributed by atoms with Crippen molar-refractivity contribution >= 4 is 27.5 Å². The molecule has 100 valence electrons. The molecule has 1 aromatic heterocycles. The lowest BCUT2D eigenvalue weighted by Gasteiger charge is -2.18. The number of hydrogen-bond donors (Lipinski definition) is 1. The molecule has 0 aliphatic carbocycles. The molecule has 4 nitrogen and oxygen atoms in total. The number of rotatable bonds is 1. The van der Waals surface area contributed by atoms with Crippen LogP contribution in [0.5, 0.6) is 0 Å². The lowest BCUT2D eigenvalue weighted by Crippen LogP contribution is -2.36. The highest BCUT2D eigenvalue weighted by atomic mass is 79.9. The van der Waals surface area contributed by atoms with Gasteiger partial charge < -0.3 is 5.32 Å². The second-order valence-corrected chi connectivity index (χ2v) is 6.88. The van der Waals surface area contributed by atoms with Crippen molar-refractivity contribution in [1.82, 2.24) is 10.3 Å².